The monoisotopic (exact) mass is 350 g/mol. The SMILES string of the molecule is Nc1ccc2c(c1)-c1ccccc1C1N=C(c3c[nH]c4ccccc34)NC21. The zero-order valence-corrected chi connectivity index (χ0v) is 14.6. The van der Waals surface area contributed by atoms with E-state index in [4.69, 9.17) is 10.7 Å². The Morgan fingerprint density at radius 3 is 2.63 bits per heavy atom. The summed E-state index contributed by atoms with van der Waals surface area (Å²) in [7, 11) is 0. The van der Waals surface area contributed by atoms with Gasteiger partial charge in [-0.15, -0.1) is 0 Å². The number of rotatable bonds is 1. The van der Waals surface area contributed by atoms with Gasteiger partial charge in [0.25, 0.3) is 0 Å². The van der Waals surface area contributed by atoms with E-state index in [2.05, 4.69) is 64.9 Å². The predicted molar refractivity (Wildman–Crippen MR) is 110 cm³/mol. The van der Waals surface area contributed by atoms with Crippen molar-refractivity contribution in [3.8, 4) is 11.1 Å². The van der Waals surface area contributed by atoms with Gasteiger partial charge in [-0.25, -0.2) is 0 Å². The maximum atomic E-state index is 6.09. The number of para-hydroxylation sites is 1. The van der Waals surface area contributed by atoms with Crippen molar-refractivity contribution >= 4 is 22.4 Å². The molecule has 4 heteroatoms. The molecule has 1 aliphatic carbocycles. The Bertz CT molecular complexity index is 1230. The van der Waals surface area contributed by atoms with Gasteiger partial charge in [0.05, 0.1) is 6.04 Å². The van der Waals surface area contributed by atoms with Crippen LogP contribution in [0.3, 0.4) is 0 Å². The number of amidine groups is 1. The number of aliphatic imine (C=N–C) groups is 1. The molecule has 0 amide bonds. The normalized spacial score (nSPS) is 19.8. The number of fused-ring (bicyclic) bond motifs is 7. The molecule has 0 spiro atoms. The summed E-state index contributed by atoms with van der Waals surface area (Å²) in [6, 6.07) is 23.3. The molecule has 2 heterocycles. The largest absolute Gasteiger partial charge is 0.399 e. The Labute approximate surface area is 156 Å². The third-order valence-corrected chi connectivity index (χ3v) is 5.70. The molecule has 2 aliphatic rings. The first-order valence-corrected chi connectivity index (χ1v) is 9.19. The summed E-state index contributed by atoms with van der Waals surface area (Å²) < 4.78 is 0. The van der Waals surface area contributed by atoms with E-state index in [9.17, 15) is 0 Å². The first-order chi connectivity index (χ1) is 13.3. The second kappa shape index (κ2) is 5.24. The van der Waals surface area contributed by atoms with Crippen LogP contribution in [0.4, 0.5) is 5.69 Å². The number of nitrogens with one attached hydrogen (secondary N) is 2. The second-order valence-corrected chi connectivity index (χ2v) is 7.23. The van der Waals surface area contributed by atoms with E-state index in [-0.39, 0.29) is 12.1 Å². The van der Waals surface area contributed by atoms with Gasteiger partial charge in [0.2, 0.25) is 0 Å². The van der Waals surface area contributed by atoms with Crippen LogP contribution >= 0.6 is 0 Å². The minimum absolute atomic E-state index is 0.0704. The fourth-order valence-corrected chi connectivity index (χ4v) is 4.47. The van der Waals surface area contributed by atoms with Crippen LogP contribution in [0.2, 0.25) is 0 Å². The topological polar surface area (TPSA) is 66.2 Å². The van der Waals surface area contributed by atoms with E-state index >= 15 is 0 Å². The van der Waals surface area contributed by atoms with Gasteiger partial charge in [-0.1, -0.05) is 48.5 Å². The van der Waals surface area contributed by atoms with Crippen LogP contribution in [-0.4, -0.2) is 10.8 Å². The fraction of sp³-hybridized carbons (Fsp3) is 0.0870. The van der Waals surface area contributed by atoms with Crippen LogP contribution in [0.15, 0.2) is 77.9 Å². The Hall–Kier alpha value is -3.53. The van der Waals surface area contributed by atoms with E-state index in [1.165, 1.54) is 27.6 Å². The number of anilines is 1. The Morgan fingerprint density at radius 1 is 0.815 bits per heavy atom. The highest BCUT2D eigenvalue weighted by atomic mass is 15.1. The highest BCUT2D eigenvalue weighted by molar-refractivity contribution is 6.10. The first-order valence-electron chi connectivity index (χ1n) is 9.19. The molecule has 3 aromatic carbocycles. The highest BCUT2D eigenvalue weighted by Crippen LogP contribution is 2.49. The van der Waals surface area contributed by atoms with Crippen molar-refractivity contribution in [2.24, 2.45) is 4.99 Å². The molecule has 0 fully saturated rings. The van der Waals surface area contributed by atoms with Crippen molar-refractivity contribution in [3.05, 3.63) is 89.6 Å². The maximum absolute atomic E-state index is 6.09. The number of nitrogens with zero attached hydrogens (tertiary/aromatic N) is 1. The Balaban J connectivity index is 1.55. The summed E-state index contributed by atoms with van der Waals surface area (Å²) >= 11 is 0. The maximum Gasteiger partial charge on any atom is 0.131 e. The van der Waals surface area contributed by atoms with Gasteiger partial charge in [-0.05, 0) is 40.5 Å². The van der Waals surface area contributed by atoms with Crippen LogP contribution in [0.25, 0.3) is 22.0 Å². The molecule has 2 unspecified atom stereocenters. The van der Waals surface area contributed by atoms with Gasteiger partial charge in [0.1, 0.15) is 11.9 Å². The quantitative estimate of drug-likeness (QED) is 0.441. The smallest absolute Gasteiger partial charge is 0.131 e. The van der Waals surface area contributed by atoms with Crippen LogP contribution in [0, 0.1) is 0 Å². The van der Waals surface area contributed by atoms with E-state index < -0.39 is 0 Å². The fourth-order valence-electron chi connectivity index (χ4n) is 4.47. The zero-order chi connectivity index (χ0) is 18.0. The molecule has 4 aromatic rings. The number of aromatic nitrogens is 1. The lowest BCUT2D eigenvalue weighted by molar-refractivity contribution is 0.566. The van der Waals surface area contributed by atoms with Crippen molar-refractivity contribution in [2.45, 2.75) is 12.1 Å². The number of aromatic amines is 1. The van der Waals surface area contributed by atoms with Gasteiger partial charge < -0.3 is 16.0 Å². The molecule has 2 atom stereocenters. The van der Waals surface area contributed by atoms with Crippen molar-refractivity contribution in [1.82, 2.24) is 10.3 Å². The number of benzene rings is 3. The predicted octanol–water partition coefficient (Wildman–Crippen LogP) is 4.56. The second-order valence-electron chi connectivity index (χ2n) is 7.23. The Morgan fingerprint density at radius 2 is 1.67 bits per heavy atom. The first kappa shape index (κ1) is 14.6. The van der Waals surface area contributed by atoms with Crippen molar-refractivity contribution < 1.29 is 0 Å². The number of nitrogen functional groups attached to an aromatic ring is 1. The zero-order valence-electron chi connectivity index (χ0n) is 14.6. The summed E-state index contributed by atoms with van der Waals surface area (Å²) in [5.41, 5.74) is 14.1. The summed E-state index contributed by atoms with van der Waals surface area (Å²) in [4.78, 5) is 8.47. The van der Waals surface area contributed by atoms with E-state index in [0.29, 0.717) is 0 Å². The van der Waals surface area contributed by atoms with Gasteiger partial charge >= 0.3 is 0 Å². The number of hydrogen-bond donors (Lipinski definition) is 3. The third-order valence-electron chi connectivity index (χ3n) is 5.70. The van der Waals surface area contributed by atoms with Crippen LogP contribution in [0.1, 0.15) is 28.8 Å². The lowest BCUT2D eigenvalue weighted by Gasteiger charge is -2.29. The van der Waals surface area contributed by atoms with Gasteiger partial charge in [0, 0.05) is 28.4 Å². The van der Waals surface area contributed by atoms with Crippen molar-refractivity contribution in [2.75, 3.05) is 5.73 Å². The molecule has 4 nitrogen and oxygen atoms in total. The molecule has 1 aromatic heterocycles. The van der Waals surface area contributed by atoms with Gasteiger partial charge in [-0.3, -0.25) is 4.99 Å². The van der Waals surface area contributed by atoms with Crippen LogP contribution in [-0.2, 0) is 0 Å². The van der Waals surface area contributed by atoms with Crippen LogP contribution in [0.5, 0.6) is 0 Å². The van der Waals surface area contributed by atoms with E-state index in [0.717, 1.165) is 22.6 Å². The average Bonchev–Trinajstić information content (AvgIpc) is 3.32. The van der Waals surface area contributed by atoms with E-state index in [1.807, 2.05) is 18.3 Å². The molecule has 4 N–H and O–H groups in total. The molecular formula is C23H18N4. The molecule has 0 bridgehead atoms. The molecule has 130 valence electrons. The minimum atomic E-state index is 0.0704. The minimum Gasteiger partial charge on any atom is -0.399 e. The summed E-state index contributed by atoms with van der Waals surface area (Å²) in [6.07, 6.45) is 2.05. The summed E-state index contributed by atoms with van der Waals surface area (Å²) in [5, 5.41) is 4.88. The van der Waals surface area contributed by atoms with Gasteiger partial charge in [-0.2, -0.15) is 0 Å². The third kappa shape index (κ3) is 2.01. The van der Waals surface area contributed by atoms with Crippen molar-refractivity contribution in [1.29, 1.82) is 0 Å². The average molecular weight is 350 g/mol. The molecule has 6 rings (SSSR count). The lowest BCUT2D eigenvalue weighted by Crippen LogP contribution is -2.27. The number of hydrogen-bond acceptors (Lipinski definition) is 3. The molecule has 0 radical (unpaired) electrons. The van der Waals surface area contributed by atoms with Crippen LogP contribution < -0.4 is 11.1 Å². The number of nitrogens with two attached hydrogens (primary N) is 1. The molecule has 27 heavy (non-hydrogen) atoms. The lowest BCUT2D eigenvalue weighted by atomic mass is 9.80. The summed E-state index contributed by atoms with van der Waals surface area (Å²) in [6.45, 7) is 0. The molecular weight excluding hydrogens is 332 g/mol. The number of H-pyrrole nitrogens is 1. The van der Waals surface area contributed by atoms with E-state index in [1.54, 1.807) is 0 Å². The molecule has 0 saturated carbocycles. The molecule has 0 saturated heterocycles. The highest BCUT2D eigenvalue weighted by Gasteiger charge is 2.38. The Kier molecular flexibility index (Phi) is 2.84. The molecule has 1 aliphatic heterocycles. The van der Waals surface area contributed by atoms with Crippen molar-refractivity contribution in [3.63, 3.8) is 0 Å². The standard InChI is InChI=1S/C23H18N4/c24-13-9-10-17-18(11-13)14-5-1-2-7-16(14)21-22(17)27-23(26-21)19-12-25-20-8-4-3-6-15(19)20/h1-12,21-22,25H,24H2,(H,26,27). The van der Waals surface area contributed by atoms with Gasteiger partial charge in [0.15, 0.2) is 0 Å². The summed E-state index contributed by atoms with van der Waals surface area (Å²) in [5.74, 6) is 0.946.